The van der Waals surface area contributed by atoms with Crippen molar-refractivity contribution in [2.24, 2.45) is 5.73 Å². The molecular formula is C16H16ClNO3S. The maximum Gasteiger partial charge on any atom is 0.133 e. The quantitative estimate of drug-likeness (QED) is 0.619. The minimum Gasteiger partial charge on any atom is -0.497 e. The first-order chi connectivity index (χ1) is 10.6. The van der Waals surface area contributed by atoms with E-state index >= 15 is 0 Å². The summed E-state index contributed by atoms with van der Waals surface area (Å²) in [6.07, 6.45) is 0. The Balaban J connectivity index is 1.93. The molecule has 0 saturated heterocycles. The Morgan fingerprint density at radius 2 is 1.68 bits per heavy atom. The van der Waals surface area contributed by atoms with E-state index in [2.05, 4.69) is 0 Å². The van der Waals surface area contributed by atoms with Crippen LogP contribution < -0.4 is 19.9 Å². The van der Waals surface area contributed by atoms with Crippen LogP contribution in [-0.2, 0) is 0 Å². The predicted molar refractivity (Wildman–Crippen MR) is 91.3 cm³/mol. The third kappa shape index (κ3) is 4.51. The van der Waals surface area contributed by atoms with Crippen molar-refractivity contribution in [2.75, 3.05) is 20.3 Å². The highest BCUT2D eigenvalue weighted by molar-refractivity contribution is 7.80. The van der Waals surface area contributed by atoms with Crippen molar-refractivity contribution in [3.8, 4) is 17.2 Å². The standard InChI is InChI=1S/C16H16ClNO3S/c1-19-13-6-7-14(16(18)22)15(10-13)21-9-8-20-12-4-2-11(17)3-5-12/h2-7,10H,8-9H2,1H3,(H2,18,22). The average Bonchev–Trinajstić information content (AvgIpc) is 2.52. The fourth-order valence-electron chi connectivity index (χ4n) is 1.79. The van der Waals surface area contributed by atoms with E-state index in [1.165, 1.54) is 0 Å². The first kappa shape index (κ1) is 16.4. The van der Waals surface area contributed by atoms with Gasteiger partial charge < -0.3 is 19.9 Å². The molecule has 0 atom stereocenters. The molecule has 0 aliphatic carbocycles. The molecule has 0 spiro atoms. The molecule has 0 heterocycles. The van der Waals surface area contributed by atoms with Crippen molar-refractivity contribution in [1.82, 2.24) is 0 Å². The Hall–Kier alpha value is -1.98. The lowest BCUT2D eigenvalue weighted by atomic mass is 10.2. The molecule has 0 aliphatic rings. The van der Waals surface area contributed by atoms with Crippen molar-refractivity contribution in [3.63, 3.8) is 0 Å². The second-order valence-electron chi connectivity index (χ2n) is 4.38. The zero-order valence-corrected chi connectivity index (χ0v) is 13.6. The number of benzene rings is 2. The van der Waals surface area contributed by atoms with Crippen molar-refractivity contribution in [1.29, 1.82) is 0 Å². The van der Waals surface area contributed by atoms with Crippen LogP contribution in [0.2, 0.25) is 5.02 Å². The second-order valence-corrected chi connectivity index (χ2v) is 5.25. The van der Waals surface area contributed by atoms with Gasteiger partial charge in [0.15, 0.2) is 0 Å². The molecule has 0 fully saturated rings. The van der Waals surface area contributed by atoms with Crippen LogP contribution in [0.5, 0.6) is 17.2 Å². The molecule has 0 saturated carbocycles. The zero-order chi connectivity index (χ0) is 15.9. The summed E-state index contributed by atoms with van der Waals surface area (Å²) in [7, 11) is 1.59. The third-order valence-corrected chi connectivity index (χ3v) is 3.35. The highest BCUT2D eigenvalue weighted by Gasteiger charge is 2.08. The topological polar surface area (TPSA) is 53.7 Å². The number of thiocarbonyl (C=S) groups is 1. The van der Waals surface area contributed by atoms with Gasteiger partial charge in [0.25, 0.3) is 0 Å². The molecule has 0 radical (unpaired) electrons. The number of rotatable bonds is 7. The summed E-state index contributed by atoms with van der Waals surface area (Å²) in [4.78, 5) is 0.274. The van der Waals surface area contributed by atoms with E-state index in [0.29, 0.717) is 35.3 Å². The van der Waals surface area contributed by atoms with Crippen LogP contribution in [0.4, 0.5) is 0 Å². The van der Waals surface area contributed by atoms with E-state index in [0.717, 1.165) is 5.75 Å². The number of ether oxygens (including phenoxy) is 3. The van der Waals surface area contributed by atoms with Gasteiger partial charge >= 0.3 is 0 Å². The lowest BCUT2D eigenvalue weighted by molar-refractivity contribution is 0.216. The van der Waals surface area contributed by atoms with E-state index in [9.17, 15) is 0 Å². The molecule has 2 aromatic carbocycles. The van der Waals surface area contributed by atoms with E-state index < -0.39 is 0 Å². The van der Waals surface area contributed by atoms with Gasteiger partial charge in [-0.2, -0.15) is 0 Å². The minimum absolute atomic E-state index is 0.274. The number of hydrogen-bond acceptors (Lipinski definition) is 4. The summed E-state index contributed by atoms with van der Waals surface area (Å²) in [5.41, 5.74) is 6.35. The van der Waals surface area contributed by atoms with Gasteiger partial charge in [0, 0.05) is 11.1 Å². The first-order valence-electron chi connectivity index (χ1n) is 6.59. The molecule has 0 bridgehead atoms. The largest absolute Gasteiger partial charge is 0.497 e. The summed E-state index contributed by atoms with van der Waals surface area (Å²) < 4.78 is 16.4. The molecule has 6 heteroatoms. The van der Waals surface area contributed by atoms with Gasteiger partial charge in [-0.3, -0.25) is 0 Å². The molecule has 116 valence electrons. The van der Waals surface area contributed by atoms with E-state index in [-0.39, 0.29) is 4.99 Å². The Bertz CT molecular complexity index is 646. The summed E-state index contributed by atoms with van der Waals surface area (Å²) >= 11 is 10.8. The van der Waals surface area contributed by atoms with Crippen LogP contribution in [-0.4, -0.2) is 25.3 Å². The van der Waals surface area contributed by atoms with E-state index in [1.807, 2.05) is 0 Å². The van der Waals surface area contributed by atoms with Crippen LogP contribution in [0.1, 0.15) is 5.56 Å². The number of nitrogens with two attached hydrogens (primary N) is 1. The summed E-state index contributed by atoms with van der Waals surface area (Å²) in [5.74, 6) is 1.98. The third-order valence-electron chi connectivity index (χ3n) is 2.88. The monoisotopic (exact) mass is 337 g/mol. The Morgan fingerprint density at radius 1 is 1.05 bits per heavy atom. The van der Waals surface area contributed by atoms with Crippen LogP contribution in [0.3, 0.4) is 0 Å². The molecule has 0 aliphatic heterocycles. The summed E-state index contributed by atoms with van der Waals surface area (Å²) in [5, 5.41) is 0.668. The normalized spacial score (nSPS) is 10.1. The second kappa shape index (κ2) is 7.87. The average molecular weight is 338 g/mol. The van der Waals surface area contributed by atoms with Gasteiger partial charge in [-0.05, 0) is 36.4 Å². The Morgan fingerprint density at radius 3 is 2.32 bits per heavy atom. The van der Waals surface area contributed by atoms with Crippen LogP contribution >= 0.6 is 23.8 Å². The van der Waals surface area contributed by atoms with Crippen LogP contribution in [0.25, 0.3) is 0 Å². The fourth-order valence-corrected chi connectivity index (χ4v) is 2.09. The van der Waals surface area contributed by atoms with Gasteiger partial charge in [-0.15, -0.1) is 0 Å². The van der Waals surface area contributed by atoms with Crippen LogP contribution in [0.15, 0.2) is 42.5 Å². The maximum atomic E-state index is 5.81. The number of hydrogen-bond donors (Lipinski definition) is 1. The number of halogens is 1. The molecular weight excluding hydrogens is 322 g/mol. The van der Waals surface area contributed by atoms with E-state index in [4.69, 9.17) is 43.8 Å². The van der Waals surface area contributed by atoms with Crippen LogP contribution in [0, 0.1) is 0 Å². The van der Waals surface area contributed by atoms with Gasteiger partial charge in [0.1, 0.15) is 35.5 Å². The van der Waals surface area contributed by atoms with Gasteiger partial charge in [-0.25, -0.2) is 0 Å². The Kier molecular flexibility index (Phi) is 5.86. The molecule has 4 nitrogen and oxygen atoms in total. The SMILES string of the molecule is COc1ccc(C(N)=S)c(OCCOc2ccc(Cl)cc2)c1. The molecule has 2 aromatic rings. The predicted octanol–water partition coefficient (Wildman–Crippen LogP) is 3.44. The first-order valence-corrected chi connectivity index (χ1v) is 7.38. The molecule has 2 N–H and O–H groups in total. The maximum absolute atomic E-state index is 5.81. The molecule has 0 amide bonds. The fraction of sp³-hybridized carbons (Fsp3) is 0.188. The van der Waals surface area contributed by atoms with Gasteiger partial charge in [-0.1, -0.05) is 23.8 Å². The van der Waals surface area contributed by atoms with Crippen molar-refractivity contribution in [2.45, 2.75) is 0 Å². The lowest BCUT2D eigenvalue weighted by Gasteiger charge is -2.13. The zero-order valence-electron chi connectivity index (χ0n) is 12.0. The summed E-state index contributed by atoms with van der Waals surface area (Å²) in [6, 6.07) is 12.4. The summed E-state index contributed by atoms with van der Waals surface area (Å²) in [6.45, 7) is 0.737. The lowest BCUT2D eigenvalue weighted by Crippen LogP contribution is -2.14. The van der Waals surface area contributed by atoms with Crippen molar-refractivity contribution >= 4 is 28.8 Å². The van der Waals surface area contributed by atoms with Crippen molar-refractivity contribution in [3.05, 3.63) is 53.1 Å². The van der Waals surface area contributed by atoms with Crippen molar-refractivity contribution < 1.29 is 14.2 Å². The molecule has 0 unspecified atom stereocenters. The highest BCUT2D eigenvalue weighted by Crippen LogP contribution is 2.25. The minimum atomic E-state index is 0.274. The van der Waals surface area contributed by atoms with Gasteiger partial charge in [0.05, 0.1) is 12.7 Å². The number of methoxy groups -OCH3 is 1. The molecule has 22 heavy (non-hydrogen) atoms. The molecule has 0 aromatic heterocycles. The Labute approximate surface area is 139 Å². The molecule has 2 rings (SSSR count). The van der Waals surface area contributed by atoms with Gasteiger partial charge in [0.2, 0.25) is 0 Å². The van der Waals surface area contributed by atoms with E-state index in [1.54, 1.807) is 49.6 Å². The highest BCUT2D eigenvalue weighted by atomic mass is 35.5. The smallest absolute Gasteiger partial charge is 0.133 e.